The third-order valence-electron chi connectivity index (χ3n) is 4.67. The number of furan rings is 1. The maximum atomic E-state index is 13.9. The molecule has 1 aromatic heterocycles. The molecule has 0 spiro atoms. The second kappa shape index (κ2) is 6.99. The Morgan fingerprint density at radius 3 is 2.36 bits per heavy atom. The van der Waals surface area contributed by atoms with Crippen molar-refractivity contribution < 1.29 is 26.4 Å². The minimum absolute atomic E-state index is 0.00508. The molecule has 4 rings (SSSR count). The van der Waals surface area contributed by atoms with Gasteiger partial charge in [0.1, 0.15) is 22.1 Å². The van der Waals surface area contributed by atoms with Gasteiger partial charge in [0.25, 0.3) is 5.91 Å². The Morgan fingerprint density at radius 2 is 1.68 bits per heavy atom. The summed E-state index contributed by atoms with van der Waals surface area (Å²) in [6.07, 6.45) is 0. The average Bonchev–Trinajstić information content (AvgIpc) is 3.11. The van der Waals surface area contributed by atoms with Crippen molar-refractivity contribution in [2.24, 2.45) is 0 Å². The van der Waals surface area contributed by atoms with Gasteiger partial charge < -0.3 is 9.32 Å². The molecule has 146 valence electrons. The van der Waals surface area contributed by atoms with Crippen LogP contribution in [0.4, 0.5) is 8.78 Å². The van der Waals surface area contributed by atoms with Crippen LogP contribution in [0.2, 0.25) is 0 Å². The summed E-state index contributed by atoms with van der Waals surface area (Å²) >= 11 is 0. The van der Waals surface area contributed by atoms with E-state index in [0.29, 0.717) is 11.6 Å². The van der Waals surface area contributed by atoms with E-state index in [1.807, 2.05) is 12.1 Å². The molecule has 28 heavy (non-hydrogen) atoms. The van der Waals surface area contributed by atoms with Crippen LogP contribution in [0, 0.1) is 11.6 Å². The fraction of sp³-hybridized carbons (Fsp3) is 0.211. The molecular formula is C19H16F2N2O4S. The highest BCUT2D eigenvalue weighted by atomic mass is 32.2. The van der Waals surface area contributed by atoms with Crippen LogP contribution >= 0.6 is 0 Å². The number of para-hydroxylation sites is 1. The zero-order valence-corrected chi connectivity index (χ0v) is 15.5. The van der Waals surface area contributed by atoms with Gasteiger partial charge in [0.05, 0.1) is 0 Å². The van der Waals surface area contributed by atoms with E-state index in [-0.39, 0.29) is 37.8 Å². The van der Waals surface area contributed by atoms with E-state index in [1.165, 1.54) is 4.90 Å². The summed E-state index contributed by atoms with van der Waals surface area (Å²) in [5.41, 5.74) is 0.596. The first-order chi connectivity index (χ1) is 13.4. The van der Waals surface area contributed by atoms with E-state index in [0.717, 1.165) is 21.8 Å². The van der Waals surface area contributed by atoms with Gasteiger partial charge in [-0.2, -0.15) is 4.31 Å². The molecule has 0 aliphatic carbocycles. The summed E-state index contributed by atoms with van der Waals surface area (Å²) in [5, 5.41) is 0.804. The van der Waals surface area contributed by atoms with Crippen LogP contribution in [-0.4, -0.2) is 49.7 Å². The normalized spacial score (nSPS) is 15.9. The summed E-state index contributed by atoms with van der Waals surface area (Å²) < 4.78 is 58.9. The first-order valence-electron chi connectivity index (χ1n) is 8.59. The van der Waals surface area contributed by atoms with Gasteiger partial charge >= 0.3 is 0 Å². The second-order valence-corrected chi connectivity index (χ2v) is 8.33. The van der Waals surface area contributed by atoms with Gasteiger partial charge in [-0.25, -0.2) is 17.2 Å². The number of piperazine rings is 1. The van der Waals surface area contributed by atoms with E-state index >= 15 is 0 Å². The smallest absolute Gasteiger partial charge is 0.289 e. The number of carbonyl (C=O) groups is 1. The first-order valence-corrected chi connectivity index (χ1v) is 10.0. The van der Waals surface area contributed by atoms with Crippen LogP contribution in [-0.2, 0) is 10.0 Å². The lowest BCUT2D eigenvalue weighted by Gasteiger charge is -2.33. The predicted molar refractivity (Wildman–Crippen MR) is 97.2 cm³/mol. The zero-order chi connectivity index (χ0) is 19.9. The molecule has 0 saturated carbocycles. The summed E-state index contributed by atoms with van der Waals surface area (Å²) in [7, 11) is -4.11. The lowest BCUT2D eigenvalue weighted by molar-refractivity contribution is 0.0668. The number of sulfonamides is 1. The summed E-state index contributed by atoms with van der Waals surface area (Å²) in [6.45, 7) is 0.284. The standard InChI is InChI=1S/C19H16F2N2O4S/c20-14-5-6-18(15(21)12-14)28(25,26)23-9-7-22(8-10-23)19(24)17-11-13-3-1-2-4-16(13)27-17/h1-6,11-12H,7-10H2. The molecule has 0 unspecified atom stereocenters. The summed E-state index contributed by atoms with van der Waals surface area (Å²) in [6, 6.07) is 11.2. The molecule has 0 bridgehead atoms. The molecule has 1 saturated heterocycles. The lowest BCUT2D eigenvalue weighted by Crippen LogP contribution is -2.50. The SMILES string of the molecule is O=C(c1cc2ccccc2o1)N1CCN(S(=O)(=O)c2ccc(F)cc2F)CC1. The highest BCUT2D eigenvalue weighted by Crippen LogP contribution is 2.23. The van der Waals surface area contributed by atoms with Gasteiger partial charge in [-0.15, -0.1) is 0 Å². The van der Waals surface area contributed by atoms with Gasteiger partial charge in [0, 0.05) is 37.6 Å². The van der Waals surface area contributed by atoms with Crippen molar-refractivity contribution in [2.45, 2.75) is 4.90 Å². The minimum atomic E-state index is -4.11. The van der Waals surface area contributed by atoms with Crippen LogP contribution in [0.3, 0.4) is 0 Å². The minimum Gasteiger partial charge on any atom is -0.451 e. The summed E-state index contributed by atoms with van der Waals surface area (Å²) in [4.78, 5) is 13.6. The predicted octanol–water partition coefficient (Wildman–Crippen LogP) is 2.86. The topological polar surface area (TPSA) is 70.8 Å². The molecule has 9 heteroatoms. The van der Waals surface area contributed by atoms with Crippen molar-refractivity contribution in [2.75, 3.05) is 26.2 Å². The Kier molecular flexibility index (Phi) is 4.64. The number of carbonyl (C=O) groups excluding carboxylic acids is 1. The van der Waals surface area contributed by atoms with Crippen LogP contribution in [0.25, 0.3) is 11.0 Å². The molecule has 0 N–H and O–H groups in total. The van der Waals surface area contributed by atoms with Gasteiger partial charge in [-0.3, -0.25) is 4.79 Å². The van der Waals surface area contributed by atoms with Crippen molar-refractivity contribution in [3.63, 3.8) is 0 Å². The van der Waals surface area contributed by atoms with Gasteiger partial charge in [0.15, 0.2) is 5.76 Å². The van der Waals surface area contributed by atoms with Crippen LogP contribution in [0.5, 0.6) is 0 Å². The number of benzene rings is 2. The van der Waals surface area contributed by atoms with E-state index in [1.54, 1.807) is 18.2 Å². The average molecular weight is 406 g/mol. The van der Waals surface area contributed by atoms with Crippen LogP contribution in [0.1, 0.15) is 10.6 Å². The van der Waals surface area contributed by atoms with E-state index < -0.39 is 26.6 Å². The van der Waals surface area contributed by atoms with E-state index in [4.69, 9.17) is 4.42 Å². The Labute approximate surface area is 160 Å². The van der Waals surface area contributed by atoms with E-state index in [9.17, 15) is 22.0 Å². The summed E-state index contributed by atoms with van der Waals surface area (Å²) in [5.74, 6) is -2.14. The van der Waals surface area contributed by atoms with Crippen LogP contribution < -0.4 is 0 Å². The maximum Gasteiger partial charge on any atom is 0.289 e. The molecule has 1 fully saturated rings. The highest BCUT2D eigenvalue weighted by Gasteiger charge is 2.33. The Balaban J connectivity index is 1.48. The number of rotatable bonds is 3. The van der Waals surface area contributed by atoms with Crippen molar-refractivity contribution in [3.8, 4) is 0 Å². The molecule has 2 aromatic carbocycles. The van der Waals surface area contributed by atoms with Crippen LogP contribution in [0.15, 0.2) is 57.8 Å². The second-order valence-electron chi connectivity index (χ2n) is 6.42. The fourth-order valence-corrected chi connectivity index (χ4v) is 4.67. The van der Waals surface area contributed by atoms with E-state index in [2.05, 4.69) is 0 Å². The molecule has 1 amide bonds. The Hall–Kier alpha value is -2.78. The number of halogens is 2. The fourth-order valence-electron chi connectivity index (χ4n) is 3.20. The van der Waals surface area contributed by atoms with Crippen molar-refractivity contribution in [3.05, 3.63) is 65.9 Å². The maximum absolute atomic E-state index is 13.9. The molecule has 0 atom stereocenters. The molecule has 3 aromatic rings. The number of amides is 1. The molecule has 0 radical (unpaired) electrons. The molecule has 2 heterocycles. The third-order valence-corrected chi connectivity index (χ3v) is 6.61. The van der Waals surface area contributed by atoms with Gasteiger partial charge in [-0.05, 0) is 24.3 Å². The molecule has 1 aliphatic rings. The first kappa shape index (κ1) is 18.6. The Morgan fingerprint density at radius 1 is 0.964 bits per heavy atom. The van der Waals surface area contributed by atoms with Crippen molar-refractivity contribution in [1.29, 1.82) is 0 Å². The monoisotopic (exact) mass is 406 g/mol. The van der Waals surface area contributed by atoms with Crippen molar-refractivity contribution in [1.82, 2.24) is 9.21 Å². The van der Waals surface area contributed by atoms with Crippen molar-refractivity contribution >= 4 is 26.9 Å². The molecular weight excluding hydrogens is 390 g/mol. The molecule has 1 aliphatic heterocycles. The quantitative estimate of drug-likeness (QED) is 0.671. The largest absolute Gasteiger partial charge is 0.451 e. The molecule has 6 nitrogen and oxygen atoms in total. The highest BCUT2D eigenvalue weighted by molar-refractivity contribution is 7.89. The number of nitrogens with zero attached hydrogens (tertiary/aromatic N) is 2. The van der Waals surface area contributed by atoms with Gasteiger partial charge in [0.2, 0.25) is 10.0 Å². The number of hydrogen-bond donors (Lipinski definition) is 0. The number of fused-ring (bicyclic) bond motifs is 1. The number of hydrogen-bond acceptors (Lipinski definition) is 4. The van der Waals surface area contributed by atoms with Gasteiger partial charge in [-0.1, -0.05) is 18.2 Å². The zero-order valence-electron chi connectivity index (χ0n) is 14.6. The third kappa shape index (κ3) is 3.27. The lowest BCUT2D eigenvalue weighted by atomic mass is 10.2. The Bertz CT molecular complexity index is 1120.